The number of pyridine rings is 2. The van der Waals surface area contributed by atoms with Crippen molar-refractivity contribution < 1.29 is 27.1 Å². The molecule has 1 amide bonds. The number of carbonyl (C=O) groups is 1. The van der Waals surface area contributed by atoms with Crippen LogP contribution < -0.4 is 10.1 Å². The normalized spacial score (nSPS) is 11.2. The van der Waals surface area contributed by atoms with Gasteiger partial charge in [0, 0.05) is 12.7 Å². The van der Waals surface area contributed by atoms with Crippen LogP contribution in [-0.4, -0.2) is 15.9 Å². The molecule has 2 heterocycles. The molecule has 0 saturated heterocycles. The van der Waals surface area contributed by atoms with Crippen molar-refractivity contribution in [2.45, 2.75) is 19.6 Å². The summed E-state index contributed by atoms with van der Waals surface area (Å²) in [5.41, 5.74) is -0.663. The molecule has 150 valence electrons. The van der Waals surface area contributed by atoms with Gasteiger partial charge in [-0.1, -0.05) is 6.07 Å². The van der Waals surface area contributed by atoms with Crippen LogP contribution >= 0.6 is 0 Å². The van der Waals surface area contributed by atoms with Crippen molar-refractivity contribution in [1.82, 2.24) is 15.3 Å². The van der Waals surface area contributed by atoms with E-state index in [0.717, 1.165) is 12.1 Å². The van der Waals surface area contributed by atoms with Crippen LogP contribution in [0.25, 0.3) is 0 Å². The molecule has 0 bridgehead atoms. The summed E-state index contributed by atoms with van der Waals surface area (Å²) < 4.78 is 57.6. The fraction of sp³-hybridized carbons (Fsp3) is 0.150. The zero-order chi connectivity index (χ0) is 21.0. The lowest BCUT2D eigenvalue weighted by molar-refractivity contribution is -0.141. The largest absolute Gasteiger partial charge is 0.453 e. The highest BCUT2D eigenvalue weighted by atomic mass is 19.4. The summed E-state index contributed by atoms with van der Waals surface area (Å²) in [4.78, 5) is 19.5. The number of halogens is 4. The van der Waals surface area contributed by atoms with Crippen LogP contribution in [-0.2, 0) is 12.7 Å². The monoisotopic (exact) mass is 405 g/mol. The Kier molecular flexibility index (Phi) is 5.76. The van der Waals surface area contributed by atoms with Gasteiger partial charge in [0.05, 0.1) is 17.5 Å². The van der Waals surface area contributed by atoms with Gasteiger partial charge in [0.15, 0.2) is 11.6 Å². The third kappa shape index (κ3) is 5.07. The Morgan fingerprint density at radius 3 is 2.59 bits per heavy atom. The fourth-order valence-electron chi connectivity index (χ4n) is 2.51. The van der Waals surface area contributed by atoms with Gasteiger partial charge in [-0.15, -0.1) is 0 Å². The predicted octanol–water partition coefficient (Wildman–Crippen LogP) is 4.67. The van der Waals surface area contributed by atoms with E-state index in [1.54, 1.807) is 24.4 Å². The molecule has 0 spiro atoms. The second-order valence-electron chi connectivity index (χ2n) is 6.07. The number of aryl methyl sites for hydroxylation is 1. The molecule has 0 aliphatic carbocycles. The highest BCUT2D eigenvalue weighted by Crippen LogP contribution is 2.28. The van der Waals surface area contributed by atoms with E-state index in [2.05, 4.69) is 15.3 Å². The van der Waals surface area contributed by atoms with Crippen LogP contribution in [0.4, 0.5) is 17.6 Å². The van der Waals surface area contributed by atoms with E-state index in [1.165, 1.54) is 25.3 Å². The molecule has 1 N–H and O–H groups in total. The van der Waals surface area contributed by atoms with E-state index in [-0.39, 0.29) is 23.6 Å². The highest BCUT2D eigenvalue weighted by molar-refractivity contribution is 5.95. The molecule has 5 nitrogen and oxygen atoms in total. The standard InChI is InChI=1S/C20H15F4N3O2/c1-12-15(5-7-18(27-12)20(22,23)24)19(28)26-10-13-4-6-17(16(21)9-13)29-14-3-2-8-25-11-14/h2-9,11H,10H2,1H3,(H,26,28). The van der Waals surface area contributed by atoms with Crippen LogP contribution in [0.1, 0.15) is 27.3 Å². The molecule has 1 aromatic carbocycles. The number of hydrogen-bond acceptors (Lipinski definition) is 4. The van der Waals surface area contributed by atoms with Crippen molar-refractivity contribution >= 4 is 5.91 Å². The maximum absolute atomic E-state index is 14.2. The maximum Gasteiger partial charge on any atom is 0.433 e. The summed E-state index contributed by atoms with van der Waals surface area (Å²) in [7, 11) is 0. The SMILES string of the molecule is Cc1nc(C(F)(F)F)ccc1C(=O)NCc1ccc(Oc2cccnc2)c(F)c1. The van der Waals surface area contributed by atoms with Gasteiger partial charge in [-0.25, -0.2) is 9.37 Å². The number of carbonyl (C=O) groups excluding carboxylic acids is 1. The Morgan fingerprint density at radius 1 is 1.17 bits per heavy atom. The predicted molar refractivity (Wildman–Crippen MR) is 95.9 cm³/mol. The van der Waals surface area contributed by atoms with Gasteiger partial charge in [0.2, 0.25) is 0 Å². The number of aromatic nitrogens is 2. The highest BCUT2D eigenvalue weighted by Gasteiger charge is 2.33. The Labute approximate surface area is 163 Å². The van der Waals surface area contributed by atoms with Gasteiger partial charge in [0.25, 0.3) is 5.91 Å². The zero-order valence-electron chi connectivity index (χ0n) is 15.1. The Morgan fingerprint density at radius 2 is 1.97 bits per heavy atom. The molecule has 0 aliphatic rings. The number of nitrogens with one attached hydrogen (secondary N) is 1. The van der Waals surface area contributed by atoms with E-state index in [1.807, 2.05) is 0 Å². The van der Waals surface area contributed by atoms with Gasteiger partial charge >= 0.3 is 6.18 Å². The second-order valence-corrected chi connectivity index (χ2v) is 6.07. The summed E-state index contributed by atoms with van der Waals surface area (Å²) in [6, 6.07) is 9.25. The van der Waals surface area contributed by atoms with E-state index in [9.17, 15) is 22.4 Å². The zero-order valence-corrected chi connectivity index (χ0v) is 15.1. The van der Waals surface area contributed by atoms with E-state index in [4.69, 9.17) is 4.74 Å². The fourth-order valence-corrected chi connectivity index (χ4v) is 2.51. The van der Waals surface area contributed by atoms with Gasteiger partial charge in [0.1, 0.15) is 11.4 Å². The summed E-state index contributed by atoms with van der Waals surface area (Å²) in [6.45, 7) is 1.29. The van der Waals surface area contributed by atoms with Gasteiger partial charge in [-0.2, -0.15) is 13.2 Å². The molecule has 3 rings (SSSR count). The lowest BCUT2D eigenvalue weighted by Crippen LogP contribution is -2.24. The first-order valence-corrected chi connectivity index (χ1v) is 8.43. The lowest BCUT2D eigenvalue weighted by Gasteiger charge is -2.11. The van der Waals surface area contributed by atoms with Crippen molar-refractivity contribution in [3.8, 4) is 11.5 Å². The first-order valence-electron chi connectivity index (χ1n) is 8.43. The van der Waals surface area contributed by atoms with E-state index in [0.29, 0.717) is 11.3 Å². The minimum Gasteiger partial charge on any atom is -0.453 e. The minimum absolute atomic E-state index is 0.00383. The Balaban J connectivity index is 1.65. The van der Waals surface area contributed by atoms with Crippen molar-refractivity contribution in [2.24, 2.45) is 0 Å². The third-order valence-corrected chi connectivity index (χ3v) is 3.93. The van der Waals surface area contributed by atoms with Crippen molar-refractivity contribution in [3.05, 3.63) is 83.2 Å². The quantitative estimate of drug-likeness (QED) is 0.627. The van der Waals surface area contributed by atoms with Crippen LogP contribution in [0.2, 0.25) is 0 Å². The number of hydrogen-bond donors (Lipinski definition) is 1. The lowest BCUT2D eigenvalue weighted by atomic mass is 10.1. The summed E-state index contributed by atoms with van der Waals surface area (Å²) in [5, 5.41) is 2.53. The topological polar surface area (TPSA) is 64.1 Å². The van der Waals surface area contributed by atoms with E-state index < -0.39 is 23.6 Å². The summed E-state index contributed by atoms with van der Waals surface area (Å²) in [5.74, 6) is -0.874. The number of nitrogens with zero attached hydrogens (tertiary/aromatic N) is 2. The minimum atomic E-state index is -4.59. The molecule has 0 fully saturated rings. The van der Waals surface area contributed by atoms with Crippen molar-refractivity contribution in [3.63, 3.8) is 0 Å². The molecule has 9 heteroatoms. The van der Waals surface area contributed by atoms with Crippen LogP contribution in [0.15, 0.2) is 54.9 Å². The number of alkyl halides is 3. The molecule has 2 aromatic heterocycles. The smallest absolute Gasteiger partial charge is 0.433 e. The summed E-state index contributed by atoms with van der Waals surface area (Å²) in [6.07, 6.45) is -1.59. The average molecular weight is 405 g/mol. The third-order valence-electron chi connectivity index (χ3n) is 3.93. The van der Waals surface area contributed by atoms with Crippen LogP contribution in [0, 0.1) is 12.7 Å². The van der Waals surface area contributed by atoms with Crippen molar-refractivity contribution in [2.75, 3.05) is 0 Å². The molecular formula is C20H15F4N3O2. The molecule has 3 aromatic rings. The number of ether oxygens (including phenoxy) is 1. The second kappa shape index (κ2) is 8.26. The number of rotatable bonds is 5. The van der Waals surface area contributed by atoms with E-state index >= 15 is 0 Å². The average Bonchev–Trinajstić information content (AvgIpc) is 2.68. The summed E-state index contributed by atoms with van der Waals surface area (Å²) >= 11 is 0. The molecule has 0 aliphatic heterocycles. The molecule has 0 saturated carbocycles. The number of amides is 1. The van der Waals surface area contributed by atoms with Crippen molar-refractivity contribution in [1.29, 1.82) is 0 Å². The maximum atomic E-state index is 14.2. The van der Waals surface area contributed by atoms with Gasteiger partial charge < -0.3 is 10.1 Å². The molecular weight excluding hydrogens is 390 g/mol. The first kappa shape index (κ1) is 20.2. The van der Waals surface area contributed by atoms with Gasteiger partial charge in [-0.05, 0) is 48.9 Å². The van der Waals surface area contributed by atoms with Crippen LogP contribution in [0.5, 0.6) is 11.5 Å². The molecule has 0 radical (unpaired) electrons. The van der Waals surface area contributed by atoms with Gasteiger partial charge in [-0.3, -0.25) is 9.78 Å². The Bertz CT molecular complexity index is 1020. The molecule has 29 heavy (non-hydrogen) atoms. The molecule has 0 atom stereocenters. The Hall–Kier alpha value is -3.49. The number of benzene rings is 1. The first-order chi connectivity index (χ1) is 13.7. The molecule has 0 unspecified atom stereocenters. The van der Waals surface area contributed by atoms with Crippen LogP contribution in [0.3, 0.4) is 0 Å².